The molecule has 0 fully saturated rings. The van der Waals surface area contributed by atoms with Crippen LogP contribution in [0.15, 0.2) is 78.9 Å². The van der Waals surface area contributed by atoms with E-state index >= 15 is 0 Å². The fraction of sp³-hybridized carbons (Fsp3) is 0. The molecule has 0 bridgehead atoms. The predicted molar refractivity (Wildman–Crippen MR) is 88.3 cm³/mol. The number of rotatable bonds is 3. The fourth-order valence-corrected chi connectivity index (χ4v) is 2.55. The molecule has 0 aromatic heterocycles. The van der Waals surface area contributed by atoms with E-state index in [1.54, 1.807) is 0 Å². The second kappa shape index (κ2) is 5.63. The predicted octanol–water partition coefficient (Wildman–Crippen LogP) is 4.30. The maximum absolute atomic E-state index is 7.86. The summed E-state index contributed by atoms with van der Waals surface area (Å²) in [6.07, 6.45) is 0. The Morgan fingerprint density at radius 1 is 0.667 bits per heavy atom. The standard InChI is InChI=1S/C19H16N2/c20-19(21)17-13-7-12-16(14-8-3-1-4-9-14)18(17)15-10-5-2-6-11-15/h1-13H,(H3,20,21). The Hall–Kier alpha value is -2.87. The minimum atomic E-state index is 0.0895. The van der Waals surface area contributed by atoms with Gasteiger partial charge in [-0.25, -0.2) is 0 Å². The Morgan fingerprint density at radius 2 is 1.24 bits per heavy atom. The van der Waals surface area contributed by atoms with Crippen LogP contribution in [-0.2, 0) is 0 Å². The summed E-state index contributed by atoms with van der Waals surface area (Å²) in [5, 5.41) is 7.86. The molecule has 0 radical (unpaired) electrons. The van der Waals surface area contributed by atoms with Crippen LogP contribution >= 0.6 is 0 Å². The van der Waals surface area contributed by atoms with Gasteiger partial charge >= 0.3 is 0 Å². The fourth-order valence-electron chi connectivity index (χ4n) is 2.55. The first kappa shape index (κ1) is 13.1. The van der Waals surface area contributed by atoms with Gasteiger partial charge in [-0.3, -0.25) is 5.41 Å². The Bertz CT molecular complexity index is 762. The van der Waals surface area contributed by atoms with Crippen molar-refractivity contribution in [2.75, 3.05) is 0 Å². The van der Waals surface area contributed by atoms with Crippen molar-refractivity contribution in [3.63, 3.8) is 0 Å². The molecule has 3 N–H and O–H groups in total. The Balaban J connectivity index is 2.31. The van der Waals surface area contributed by atoms with Crippen LogP contribution in [0.25, 0.3) is 22.3 Å². The van der Waals surface area contributed by atoms with E-state index < -0.39 is 0 Å². The zero-order valence-electron chi connectivity index (χ0n) is 11.6. The van der Waals surface area contributed by atoms with E-state index in [4.69, 9.17) is 11.1 Å². The third kappa shape index (κ3) is 2.56. The number of nitrogens with one attached hydrogen (secondary N) is 1. The van der Waals surface area contributed by atoms with Crippen LogP contribution in [0, 0.1) is 5.41 Å². The van der Waals surface area contributed by atoms with E-state index in [-0.39, 0.29) is 5.84 Å². The zero-order valence-corrected chi connectivity index (χ0v) is 11.6. The molecule has 21 heavy (non-hydrogen) atoms. The highest BCUT2D eigenvalue weighted by atomic mass is 14.7. The van der Waals surface area contributed by atoms with Gasteiger partial charge < -0.3 is 5.73 Å². The molecule has 0 aliphatic heterocycles. The van der Waals surface area contributed by atoms with Crippen molar-refractivity contribution < 1.29 is 0 Å². The average Bonchev–Trinajstić information content (AvgIpc) is 2.55. The topological polar surface area (TPSA) is 49.9 Å². The van der Waals surface area contributed by atoms with Crippen molar-refractivity contribution in [1.29, 1.82) is 5.41 Å². The summed E-state index contributed by atoms with van der Waals surface area (Å²) < 4.78 is 0. The van der Waals surface area contributed by atoms with Gasteiger partial charge in [0.2, 0.25) is 0 Å². The molecule has 0 saturated heterocycles. The molecular formula is C19H16N2. The van der Waals surface area contributed by atoms with E-state index in [1.165, 1.54) is 0 Å². The van der Waals surface area contributed by atoms with Crippen molar-refractivity contribution >= 4 is 5.84 Å². The van der Waals surface area contributed by atoms with Gasteiger partial charge in [-0.1, -0.05) is 78.9 Å². The van der Waals surface area contributed by atoms with Crippen LogP contribution in [0.1, 0.15) is 5.56 Å². The summed E-state index contributed by atoms with van der Waals surface area (Å²) in [4.78, 5) is 0. The maximum Gasteiger partial charge on any atom is 0.123 e. The second-order valence-corrected chi connectivity index (χ2v) is 4.87. The van der Waals surface area contributed by atoms with Gasteiger partial charge in [0.1, 0.15) is 5.84 Å². The highest BCUT2D eigenvalue weighted by Crippen LogP contribution is 2.34. The van der Waals surface area contributed by atoms with Gasteiger partial charge in [0.15, 0.2) is 0 Å². The normalized spacial score (nSPS) is 10.3. The zero-order chi connectivity index (χ0) is 14.7. The minimum absolute atomic E-state index is 0.0895. The molecule has 3 aromatic carbocycles. The molecule has 3 rings (SSSR count). The molecule has 0 unspecified atom stereocenters. The number of nitrogen functional groups attached to an aromatic ring is 1. The summed E-state index contributed by atoms with van der Waals surface area (Å²) >= 11 is 0. The number of hydrogen-bond acceptors (Lipinski definition) is 1. The van der Waals surface area contributed by atoms with Crippen LogP contribution in [-0.4, -0.2) is 5.84 Å². The third-order valence-corrected chi connectivity index (χ3v) is 3.50. The van der Waals surface area contributed by atoms with Crippen molar-refractivity contribution in [3.8, 4) is 22.3 Å². The van der Waals surface area contributed by atoms with Crippen LogP contribution in [0.3, 0.4) is 0 Å². The van der Waals surface area contributed by atoms with Crippen molar-refractivity contribution in [2.45, 2.75) is 0 Å². The Kier molecular flexibility index (Phi) is 3.52. The van der Waals surface area contributed by atoms with E-state index in [1.807, 2.05) is 60.7 Å². The highest BCUT2D eigenvalue weighted by molar-refractivity contribution is 6.05. The average molecular weight is 272 g/mol. The van der Waals surface area contributed by atoms with E-state index in [2.05, 4.69) is 18.2 Å². The van der Waals surface area contributed by atoms with E-state index in [0.717, 1.165) is 27.8 Å². The van der Waals surface area contributed by atoms with Gasteiger partial charge in [0.25, 0.3) is 0 Å². The SMILES string of the molecule is N=C(N)c1cccc(-c2ccccc2)c1-c1ccccc1. The quantitative estimate of drug-likeness (QED) is 0.542. The molecule has 3 aromatic rings. The lowest BCUT2D eigenvalue weighted by atomic mass is 9.90. The van der Waals surface area contributed by atoms with Gasteiger partial charge in [0, 0.05) is 11.1 Å². The molecule has 0 atom stereocenters. The molecule has 2 nitrogen and oxygen atoms in total. The van der Waals surface area contributed by atoms with E-state index in [9.17, 15) is 0 Å². The third-order valence-electron chi connectivity index (χ3n) is 3.50. The van der Waals surface area contributed by atoms with Crippen molar-refractivity contribution in [1.82, 2.24) is 0 Å². The molecule has 0 aliphatic rings. The number of amidine groups is 1. The van der Waals surface area contributed by atoms with Crippen molar-refractivity contribution in [3.05, 3.63) is 84.4 Å². The van der Waals surface area contributed by atoms with Crippen LogP contribution in [0.4, 0.5) is 0 Å². The van der Waals surface area contributed by atoms with Crippen LogP contribution in [0.5, 0.6) is 0 Å². The summed E-state index contributed by atoms with van der Waals surface area (Å²) in [7, 11) is 0. The number of nitrogens with two attached hydrogens (primary N) is 1. The first-order chi connectivity index (χ1) is 10.3. The van der Waals surface area contributed by atoms with Crippen molar-refractivity contribution in [2.24, 2.45) is 5.73 Å². The molecule has 0 amide bonds. The van der Waals surface area contributed by atoms with Gasteiger partial charge in [-0.15, -0.1) is 0 Å². The number of benzene rings is 3. The number of hydrogen-bond donors (Lipinski definition) is 2. The molecule has 0 saturated carbocycles. The molecular weight excluding hydrogens is 256 g/mol. The lowest BCUT2D eigenvalue weighted by Crippen LogP contribution is -2.13. The molecule has 0 heterocycles. The second-order valence-electron chi connectivity index (χ2n) is 4.87. The lowest BCUT2D eigenvalue weighted by Gasteiger charge is -2.14. The molecule has 0 aliphatic carbocycles. The molecule has 0 spiro atoms. The summed E-state index contributed by atoms with van der Waals surface area (Å²) in [5.41, 5.74) is 10.8. The van der Waals surface area contributed by atoms with Gasteiger partial charge in [-0.05, 0) is 16.7 Å². The minimum Gasteiger partial charge on any atom is -0.384 e. The Morgan fingerprint density at radius 3 is 1.81 bits per heavy atom. The maximum atomic E-state index is 7.86. The largest absolute Gasteiger partial charge is 0.384 e. The van der Waals surface area contributed by atoms with Crippen LogP contribution in [0.2, 0.25) is 0 Å². The van der Waals surface area contributed by atoms with Gasteiger partial charge in [-0.2, -0.15) is 0 Å². The monoisotopic (exact) mass is 272 g/mol. The first-order valence-corrected chi connectivity index (χ1v) is 6.85. The Labute approximate surface area is 124 Å². The molecule has 2 heteroatoms. The highest BCUT2D eigenvalue weighted by Gasteiger charge is 2.13. The summed E-state index contributed by atoms with van der Waals surface area (Å²) in [5.74, 6) is 0.0895. The van der Waals surface area contributed by atoms with E-state index in [0.29, 0.717) is 0 Å². The summed E-state index contributed by atoms with van der Waals surface area (Å²) in [6, 6.07) is 26.2. The first-order valence-electron chi connectivity index (χ1n) is 6.85. The molecule has 102 valence electrons. The van der Waals surface area contributed by atoms with Crippen LogP contribution < -0.4 is 5.73 Å². The van der Waals surface area contributed by atoms with Gasteiger partial charge in [0.05, 0.1) is 0 Å². The summed E-state index contributed by atoms with van der Waals surface area (Å²) in [6.45, 7) is 0. The lowest BCUT2D eigenvalue weighted by molar-refractivity contribution is 1.42. The smallest absolute Gasteiger partial charge is 0.123 e.